The highest BCUT2D eigenvalue weighted by atomic mass is 19.1. The zero-order valence-corrected chi connectivity index (χ0v) is 16.7. The Hall–Kier alpha value is -3.42. The average molecular weight is 413 g/mol. The van der Waals surface area contributed by atoms with Gasteiger partial charge in [-0.25, -0.2) is 4.39 Å². The van der Waals surface area contributed by atoms with Gasteiger partial charge >= 0.3 is 0 Å². The highest BCUT2D eigenvalue weighted by Gasteiger charge is 2.34. The molecule has 2 aromatic rings. The van der Waals surface area contributed by atoms with E-state index in [1.165, 1.54) is 17.0 Å². The van der Waals surface area contributed by atoms with E-state index >= 15 is 0 Å². The van der Waals surface area contributed by atoms with E-state index in [2.05, 4.69) is 10.6 Å². The zero-order valence-electron chi connectivity index (χ0n) is 16.7. The summed E-state index contributed by atoms with van der Waals surface area (Å²) in [5.41, 5.74) is 1.31. The molecule has 0 aliphatic heterocycles. The first kappa shape index (κ1) is 21.3. The summed E-state index contributed by atoms with van der Waals surface area (Å²) in [6, 6.07) is 12.6. The van der Waals surface area contributed by atoms with E-state index in [9.17, 15) is 18.8 Å². The quantitative estimate of drug-likeness (QED) is 0.661. The van der Waals surface area contributed by atoms with Crippen LogP contribution in [-0.2, 0) is 20.9 Å². The van der Waals surface area contributed by atoms with Crippen molar-refractivity contribution in [3.8, 4) is 5.75 Å². The van der Waals surface area contributed by atoms with Crippen molar-refractivity contribution in [2.24, 2.45) is 5.92 Å². The molecule has 0 unspecified atom stereocenters. The van der Waals surface area contributed by atoms with Crippen molar-refractivity contribution >= 4 is 23.4 Å². The lowest BCUT2D eigenvalue weighted by Crippen LogP contribution is -2.43. The van der Waals surface area contributed by atoms with Gasteiger partial charge in [0.15, 0.2) is 0 Å². The molecule has 0 heterocycles. The Morgan fingerprint density at radius 3 is 2.30 bits per heavy atom. The summed E-state index contributed by atoms with van der Waals surface area (Å²) >= 11 is 0. The van der Waals surface area contributed by atoms with Crippen molar-refractivity contribution in [3.63, 3.8) is 0 Å². The third-order valence-corrected chi connectivity index (χ3v) is 4.68. The van der Waals surface area contributed by atoms with Crippen LogP contribution in [-0.4, -0.2) is 42.8 Å². The third-order valence-electron chi connectivity index (χ3n) is 4.68. The fourth-order valence-electron chi connectivity index (χ4n) is 2.90. The summed E-state index contributed by atoms with van der Waals surface area (Å²) in [5, 5.41) is 5.21. The van der Waals surface area contributed by atoms with E-state index < -0.39 is 5.91 Å². The Morgan fingerprint density at radius 1 is 1.03 bits per heavy atom. The van der Waals surface area contributed by atoms with Crippen LogP contribution in [0.25, 0.3) is 0 Å². The zero-order chi connectivity index (χ0) is 21.5. The summed E-state index contributed by atoms with van der Waals surface area (Å²) < 4.78 is 18.2. The molecule has 0 spiro atoms. The van der Waals surface area contributed by atoms with Crippen LogP contribution in [0.3, 0.4) is 0 Å². The van der Waals surface area contributed by atoms with Crippen LogP contribution in [0.2, 0.25) is 0 Å². The predicted molar refractivity (Wildman–Crippen MR) is 109 cm³/mol. The van der Waals surface area contributed by atoms with E-state index in [0.717, 1.165) is 18.4 Å². The van der Waals surface area contributed by atoms with Gasteiger partial charge < -0.3 is 20.3 Å². The molecule has 3 amide bonds. The van der Waals surface area contributed by atoms with Gasteiger partial charge in [-0.2, -0.15) is 0 Å². The third kappa shape index (κ3) is 6.30. The van der Waals surface area contributed by atoms with E-state index in [1.807, 2.05) is 0 Å². The van der Waals surface area contributed by atoms with Crippen LogP contribution < -0.4 is 15.4 Å². The number of benzene rings is 2. The van der Waals surface area contributed by atoms with Gasteiger partial charge in [0, 0.05) is 18.2 Å². The summed E-state index contributed by atoms with van der Waals surface area (Å²) in [5.74, 6) is -0.667. The molecule has 2 aromatic carbocycles. The van der Waals surface area contributed by atoms with Crippen LogP contribution in [0.1, 0.15) is 18.4 Å². The van der Waals surface area contributed by atoms with Crippen LogP contribution in [0.5, 0.6) is 5.75 Å². The van der Waals surface area contributed by atoms with E-state index in [-0.39, 0.29) is 43.2 Å². The summed E-state index contributed by atoms with van der Waals surface area (Å²) in [4.78, 5) is 38.4. The van der Waals surface area contributed by atoms with Gasteiger partial charge in [0.1, 0.15) is 11.6 Å². The fraction of sp³-hybridized carbons (Fsp3) is 0.318. The number of nitrogens with one attached hydrogen (secondary N) is 2. The second kappa shape index (κ2) is 9.87. The van der Waals surface area contributed by atoms with E-state index in [0.29, 0.717) is 11.4 Å². The standard InChI is InChI=1S/C22H24FN3O4/c1-30-19-10-8-18(9-11-19)25-20(27)12-24-21(28)14-26(22(29)16-4-5-16)13-15-2-6-17(23)7-3-15/h2-3,6-11,16H,4-5,12-14H2,1H3,(H,24,28)(H,25,27). The van der Waals surface area contributed by atoms with Crippen LogP contribution >= 0.6 is 0 Å². The molecule has 0 aromatic heterocycles. The molecule has 30 heavy (non-hydrogen) atoms. The molecule has 0 radical (unpaired) electrons. The molecule has 7 nitrogen and oxygen atoms in total. The van der Waals surface area contributed by atoms with E-state index in [4.69, 9.17) is 4.74 Å². The van der Waals surface area contributed by atoms with Gasteiger partial charge in [-0.05, 0) is 54.8 Å². The molecule has 1 aliphatic carbocycles. The molecule has 1 aliphatic rings. The maximum atomic E-state index is 13.1. The first-order valence-corrected chi connectivity index (χ1v) is 9.68. The number of anilines is 1. The molecule has 3 rings (SSSR count). The van der Waals surface area contributed by atoms with Crippen molar-refractivity contribution in [2.75, 3.05) is 25.5 Å². The van der Waals surface area contributed by atoms with Crippen LogP contribution in [0, 0.1) is 11.7 Å². The maximum Gasteiger partial charge on any atom is 0.243 e. The highest BCUT2D eigenvalue weighted by Crippen LogP contribution is 2.31. The van der Waals surface area contributed by atoms with Gasteiger partial charge in [0.25, 0.3) is 0 Å². The fourth-order valence-corrected chi connectivity index (χ4v) is 2.90. The lowest BCUT2D eigenvalue weighted by atomic mass is 10.2. The molecule has 0 saturated heterocycles. The molecule has 1 saturated carbocycles. The van der Waals surface area contributed by atoms with Crippen molar-refractivity contribution in [1.82, 2.24) is 10.2 Å². The monoisotopic (exact) mass is 413 g/mol. The molecule has 1 fully saturated rings. The molecular formula is C22H24FN3O4. The van der Waals surface area contributed by atoms with Crippen molar-refractivity contribution in [1.29, 1.82) is 0 Å². The van der Waals surface area contributed by atoms with Gasteiger partial charge in [-0.3, -0.25) is 14.4 Å². The Balaban J connectivity index is 1.51. The highest BCUT2D eigenvalue weighted by molar-refractivity contribution is 5.95. The Bertz CT molecular complexity index is 896. The average Bonchev–Trinajstić information content (AvgIpc) is 3.59. The number of rotatable bonds is 9. The van der Waals surface area contributed by atoms with Crippen molar-refractivity contribution in [3.05, 3.63) is 59.9 Å². The first-order chi connectivity index (χ1) is 14.4. The van der Waals surface area contributed by atoms with Gasteiger partial charge in [-0.1, -0.05) is 12.1 Å². The second-order valence-electron chi connectivity index (χ2n) is 7.15. The molecule has 8 heteroatoms. The Morgan fingerprint density at radius 2 is 1.70 bits per heavy atom. The molecule has 158 valence electrons. The van der Waals surface area contributed by atoms with Crippen LogP contribution in [0.15, 0.2) is 48.5 Å². The lowest BCUT2D eigenvalue weighted by molar-refractivity contribution is -0.137. The minimum Gasteiger partial charge on any atom is -0.497 e. The minimum atomic E-state index is -0.434. The molecule has 0 bridgehead atoms. The normalized spacial score (nSPS) is 12.7. The number of hydrogen-bond acceptors (Lipinski definition) is 4. The predicted octanol–water partition coefficient (Wildman–Crippen LogP) is 2.33. The number of ether oxygens (including phenoxy) is 1. The van der Waals surface area contributed by atoms with Crippen LogP contribution in [0.4, 0.5) is 10.1 Å². The molecule has 0 atom stereocenters. The van der Waals surface area contributed by atoms with Gasteiger partial charge in [-0.15, -0.1) is 0 Å². The van der Waals surface area contributed by atoms with Gasteiger partial charge in [0.05, 0.1) is 20.2 Å². The largest absolute Gasteiger partial charge is 0.497 e. The maximum absolute atomic E-state index is 13.1. The topological polar surface area (TPSA) is 87.7 Å². The molecular weight excluding hydrogens is 389 g/mol. The molecule has 2 N–H and O–H groups in total. The smallest absolute Gasteiger partial charge is 0.243 e. The summed E-state index contributed by atoms with van der Waals surface area (Å²) in [6.07, 6.45) is 1.62. The number of carbonyl (C=O) groups excluding carboxylic acids is 3. The Labute approximate surface area is 174 Å². The van der Waals surface area contributed by atoms with Gasteiger partial charge in [0.2, 0.25) is 17.7 Å². The van der Waals surface area contributed by atoms with E-state index in [1.54, 1.807) is 43.5 Å². The van der Waals surface area contributed by atoms with Crippen molar-refractivity contribution < 1.29 is 23.5 Å². The lowest BCUT2D eigenvalue weighted by Gasteiger charge is -2.22. The minimum absolute atomic E-state index is 0.0587. The summed E-state index contributed by atoms with van der Waals surface area (Å²) in [6.45, 7) is -0.170. The number of amides is 3. The number of methoxy groups -OCH3 is 1. The number of halogens is 1. The Kier molecular flexibility index (Phi) is 7.00. The van der Waals surface area contributed by atoms with Crippen molar-refractivity contribution in [2.45, 2.75) is 19.4 Å². The SMILES string of the molecule is COc1ccc(NC(=O)CNC(=O)CN(Cc2ccc(F)cc2)C(=O)C2CC2)cc1. The summed E-state index contributed by atoms with van der Waals surface area (Å²) in [7, 11) is 1.55. The number of carbonyl (C=O) groups is 3. The second-order valence-corrected chi connectivity index (χ2v) is 7.15. The number of hydrogen-bond donors (Lipinski definition) is 2. The first-order valence-electron chi connectivity index (χ1n) is 9.68. The number of nitrogens with zero attached hydrogens (tertiary/aromatic N) is 1.